The molecule has 1 rings (SSSR count). The predicted molar refractivity (Wildman–Crippen MR) is 73.5 cm³/mol. The minimum atomic E-state index is -3.64. The van der Waals surface area contributed by atoms with Crippen LogP contribution in [0.3, 0.4) is 0 Å². The maximum atomic E-state index is 11.2. The summed E-state index contributed by atoms with van der Waals surface area (Å²) >= 11 is 3.34. The number of anilines is 1. The van der Waals surface area contributed by atoms with Gasteiger partial charge in [-0.1, -0.05) is 13.3 Å². The Labute approximate surface area is 111 Å². The number of benzene rings is 1. The summed E-state index contributed by atoms with van der Waals surface area (Å²) in [5.41, 5.74) is 0.873. The molecule has 0 bridgehead atoms. The number of halogens is 1. The largest absolute Gasteiger partial charge is 0.382 e. The van der Waals surface area contributed by atoms with E-state index in [0.717, 1.165) is 18.5 Å². The molecule has 0 fully saturated rings. The molecule has 0 aliphatic rings. The third-order valence-corrected chi connectivity index (χ3v) is 3.96. The van der Waals surface area contributed by atoms with E-state index < -0.39 is 10.0 Å². The van der Waals surface area contributed by atoms with Crippen LogP contribution in [0, 0.1) is 0 Å². The molecule has 96 valence electrons. The first-order chi connectivity index (χ1) is 7.84. The number of hydrogen-bond acceptors (Lipinski definition) is 3. The Hall–Kier alpha value is -0.590. The first-order valence-electron chi connectivity index (χ1n) is 5.43. The summed E-state index contributed by atoms with van der Waals surface area (Å²) in [6.07, 6.45) is 2.16. The van der Waals surface area contributed by atoms with Gasteiger partial charge in [0, 0.05) is 16.2 Å². The molecule has 0 saturated carbocycles. The Bertz CT molecular complexity index is 488. The summed E-state index contributed by atoms with van der Waals surface area (Å²) in [6.45, 7) is 4.21. The first-order valence-corrected chi connectivity index (χ1v) is 7.77. The summed E-state index contributed by atoms with van der Waals surface area (Å²) in [5, 5.41) is 8.36. The van der Waals surface area contributed by atoms with E-state index in [1.807, 2.05) is 0 Å². The second kappa shape index (κ2) is 5.84. The zero-order valence-corrected chi connectivity index (χ0v) is 12.3. The average molecular weight is 321 g/mol. The van der Waals surface area contributed by atoms with Gasteiger partial charge < -0.3 is 5.32 Å². The normalized spacial score (nSPS) is 13.4. The van der Waals surface area contributed by atoms with Crippen LogP contribution in [0.4, 0.5) is 5.69 Å². The predicted octanol–water partition coefficient (Wildman–Crippen LogP) is 2.70. The number of rotatable bonds is 5. The molecule has 0 aliphatic carbocycles. The molecule has 0 amide bonds. The van der Waals surface area contributed by atoms with Gasteiger partial charge in [-0.25, -0.2) is 13.6 Å². The fourth-order valence-corrected chi connectivity index (χ4v) is 2.75. The van der Waals surface area contributed by atoms with E-state index in [1.165, 1.54) is 12.1 Å². The molecular formula is C11H17BrN2O2S. The lowest BCUT2D eigenvalue weighted by molar-refractivity contribution is 0.598. The van der Waals surface area contributed by atoms with Gasteiger partial charge in [0.05, 0.1) is 4.90 Å². The van der Waals surface area contributed by atoms with Gasteiger partial charge in [0.2, 0.25) is 10.0 Å². The van der Waals surface area contributed by atoms with E-state index >= 15 is 0 Å². The highest BCUT2D eigenvalue weighted by Crippen LogP contribution is 2.26. The van der Waals surface area contributed by atoms with Gasteiger partial charge in [-0.2, -0.15) is 0 Å². The van der Waals surface area contributed by atoms with Crippen molar-refractivity contribution in [3.05, 3.63) is 22.7 Å². The SMILES string of the molecule is CCCC(C)Nc1ccc(S(N)(=O)=O)cc1Br. The van der Waals surface area contributed by atoms with E-state index in [9.17, 15) is 8.42 Å². The summed E-state index contributed by atoms with van der Waals surface area (Å²) < 4.78 is 23.0. The maximum absolute atomic E-state index is 11.2. The van der Waals surface area contributed by atoms with Gasteiger partial charge in [-0.3, -0.25) is 0 Å². The fraction of sp³-hybridized carbons (Fsp3) is 0.455. The first kappa shape index (κ1) is 14.5. The molecule has 1 aromatic rings. The molecule has 0 spiro atoms. The third-order valence-electron chi connectivity index (χ3n) is 2.39. The van der Waals surface area contributed by atoms with Crippen LogP contribution in [-0.4, -0.2) is 14.5 Å². The molecule has 0 heterocycles. The number of nitrogens with two attached hydrogens (primary N) is 1. The summed E-state index contributed by atoms with van der Waals surface area (Å²) in [5.74, 6) is 0. The number of primary sulfonamides is 1. The van der Waals surface area contributed by atoms with Crippen LogP contribution in [-0.2, 0) is 10.0 Å². The van der Waals surface area contributed by atoms with E-state index in [2.05, 4.69) is 35.1 Å². The zero-order chi connectivity index (χ0) is 13.1. The Kier molecular flexibility index (Phi) is 4.97. The number of hydrogen-bond donors (Lipinski definition) is 2. The topological polar surface area (TPSA) is 72.2 Å². The fourth-order valence-electron chi connectivity index (χ4n) is 1.56. The Morgan fingerprint density at radius 1 is 1.47 bits per heavy atom. The van der Waals surface area contributed by atoms with E-state index in [4.69, 9.17) is 5.14 Å². The van der Waals surface area contributed by atoms with Crippen LogP contribution in [0.2, 0.25) is 0 Å². The van der Waals surface area contributed by atoms with Crippen molar-refractivity contribution in [2.45, 2.75) is 37.6 Å². The van der Waals surface area contributed by atoms with Crippen LogP contribution in [0.25, 0.3) is 0 Å². The van der Waals surface area contributed by atoms with Gasteiger partial charge in [0.25, 0.3) is 0 Å². The minimum Gasteiger partial charge on any atom is -0.382 e. The Morgan fingerprint density at radius 3 is 2.59 bits per heavy atom. The maximum Gasteiger partial charge on any atom is 0.238 e. The molecule has 17 heavy (non-hydrogen) atoms. The van der Waals surface area contributed by atoms with Crippen molar-refractivity contribution in [2.24, 2.45) is 5.14 Å². The lowest BCUT2D eigenvalue weighted by Crippen LogP contribution is -2.16. The van der Waals surface area contributed by atoms with Crippen molar-refractivity contribution in [2.75, 3.05) is 5.32 Å². The lowest BCUT2D eigenvalue weighted by Gasteiger charge is -2.16. The number of nitrogens with one attached hydrogen (secondary N) is 1. The standard InChI is InChI=1S/C11H17BrN2O2S/c1-3-4-8(2)14-11-6-5-9(7-10(11)12)17(13,15)16/h5-8,14H,3-4H2,1-2H3,(H2,13,15,16). The second-order valence-electron chi connectivity index (χ2n) is 4.02. The summed E-state index contributed by atoms with van der Waals surface area (Å²) in [6, 6.07) is 5.07. The van der Waals surface area contributed by atoms with Crippen molar-refractivity contribution >= 4 is 31.6 Å². The molecule has 1 unspecified atom stereocenters. The lowest BCUT2D eigenvalue weighted by atomic mass is 10.2. The van der Waals surface area contributed by atoms with Crippen LogP contribution in [0.1, 0.15) is 26.7 Å². The minimum absolute atomic E-state index is 0.109. The quantitative estimate of drug-likeness (QED) is 0.876. The van der Waals surface area contributed by atoms with Crippen molar-refractivity contribution in [1.29, 1.82) is 0 Å². The molecule has 1 atom stereocenters. The van der Waals surface area contributed by atoms with Gasteiger partial charge in [-0.05, 0) is 47.5 Å². The molecule has 6 heteroatoms. The van der Waals surface area contributed by atoms with Crippen LogP contribution < -0.4 is 10.5 Å². The molecule has 4 nitrogen and oxygen atoms in total. The van der Waals surface area contributed by atoms with Gasteiger partial charge in [0.1, 0.15) is 0 Å². The van der Waals surface area contributed by atoms with Gasteiger partial charge >= 0.3 is 0 Å². The molecular weight excluding hydrogens is 304 g/mol. The van der Waals surface area contributed by atoms with E-state index in [0.29, 0.717) is 10.5 Å². The van der Waals surface area contributed by atoms with Crippen LogP contribution in [0.15, 0.2) is 27.6 Å². The average Bonchev–Trinajstić information content (AvgIpc) is 2.20. The van der Waals surface area contributed by atoms with Crippen molar-refractivity contribution < 1.29 is 8.42 Å². The highest BCUT2D eigenvalue weighted by molar-refractivity contribution is 9.10. The molecule has 0 aromatic heterocycles. The van der Waals surface area contributed by atoms with Crippen LogP contribution in [0.5, 0.6) is 0 Å². The van der Waals surface area contributed by atoms with E-state index in [1.54, 1.807) is 6.07 Å². The van der Waals surface area contributed by atoms with Crippen molar-refractivity contribution in [3.63, 3.8) is 0 Å². The summed E-state index contributed by atoms with van der Waals surface area (Å²) in [7, 11) is -3.64. The van der Waals surface area contributed by atoms with E-state index in [-0.39, 0.29) is 4.90 Å². The van der Waals surface area contributed by atoms with Crippen molar-refractivity contribution in [1.82, 2.24) is 0 Å². The van der Waals surface area contributed by atoms with Gasteiger partial charge in [-0.15, -0.1) is 0 Å². The molecule has 0 radical (unpaired) electrons. The molecule has 0 aliphatic heterocycles. The van der Waals surface area contributed by atoms with Crippen molar-refractivity contribution in [3.8, 4) is 0 Å². The van der Waals surface area contributed by atoms with Gasteiger partial charge in [0.15, 0.2) is 0 Å². The highest BCUT2D eigenvalue weighted by Gasteiger charge is 2.11. The molecule has 1 aromatic carbocycles. The Morgan fingerprint density at radius 2 is 2.12 bits per heavy atom. The second-order valence-corrected chi connectivity index (χ2v) is 6.44. The zero-order valence-electron chi connectivity index (χ0n) is 9.90. The number of sulfonamides is 1. The Balaban J connectivity index is 2.91. The third kappa shape index (κ3) is 4.29. The molecule has 3 N–H and O–H groups in total. The monoisotopic (exact) mass is 320 g/mol. The van der Waals surface area contributed by atoms with Crippen LogP contribution >= 0.6 is 15.9 Å². The smallest absolute Gasteiger partial charge is 0.238 e. The summed E-state index contributed by atoms with van der Waals surface area (Å²) in [4.78, 5) is 0.109. The molecule has 0 saturated heterocycles. The highest BCUT2D eigenvalue weighted by atomic mass is 79.9.